The average Bonchev–Trinajstić information content (AvgIpc) is 3.02. The van der Waals surface area contributed by atoms with E-state index in [2.05, 4.69) is 11.4 Å². The summed E-state index contributed by atoms with van der Waals surface area (Å²) in [5, 5.41) is 12.4. The summed E-state index contributed by atoms with van der Waals surface area (Å²) in [4.78, 5) is 24.1. The first kappa shape index (κ1) is 17.2. The van der Waals surface area contributed by atoms with Gasteiger partial charge < -0.3 is 10.4 Å². The van der Waals surface area contributed by atoms with Gasteiger partial charge in [0.1, 0.15) is 0 Å². The Morgan fingerprint density at radius 1 is 1.20 bits per heavy atom. The van der Waals surface area contributed by atoms with Crippen molar-refractivity contribution in [3.8, 4) is 0 Å². The number of benzene rings is 2. The van der Waals surface area contributed by atoms with Gasteiger partial charge in [-0.15, -0.1) is 0 Å². The molecule has 2 aromatic rings. The van der Waals surface area contributed by atoms with Crippen molar-refractivity contribution < 1.29 is 14.7 Å². The third kappa shape index (κ3) is 4.08. The number of aliphatic carboxylic acids is 1. The summed E-state index contributed by atoms with van der Waals surface area (Å²) in [6, 6.07) is 15.8. The molecule has 0 saturated heterocycles. The van der Waals surface area contributed by atoms with E-state index in [9.17, 15) is 14.7 Å². The molecule has 1 amide bonds. The van der Waals surface area contributed by atoms with Gasteiger partial charge in [-0.1, -0.05) is 54.1 Å². The SMILES string of the molecule is Cc1cccc(CC(CNC(=O)C2CCc3ccccc32)C(=O)O)c1. The Morgan fingerprint density at radius 3 is 2.76 bits per heavy atom. The first-order valence-corrected chi connectivity index (χ1v) is 8.68. The third-order valence-corrected chi connectivity index (χ3v) is 4.89. The van der Waals surface area contributed by atoms with Crippen LogP contribution < -0.4 is 5.32 Å². The second kappa shape index (κ2) is 7.51. The van der Waals surface area contributed by atoms with Gasteiger partial charge in [-0.2, -0.15) is 0 Å². The van der Waals surface area contributed by atoms with Crippen LogP contribution in [0.25, 0.3) is 0 Å². The molecule has 0 aliphatic heterocycles. The van der Waals surface area contributed by atoms with E-state index in [1.54, 1.807) is 0 Å². The van der Waals surface area contributed by atoms with Crippen molar-refractivity contribution in [1.82, 2.24) is 5.32 Å². The number of carboxylic acids is 1. The van der Waals surface area contributed by atoms with Crippen molar-refractivity contribution in [3.63, 3.8) is 0 Å². The van der Waals surface area contributed by atoms with E-state index in [1.807, 2.05) is 49.4 Å². The predicted octanol–water partition coefficient (Wildman–Crippen LogP) is 3.08. The normalized spacial score (nSPS) is 16.9. The van der Waals surface area contributed by atoms with Gasteiger partial charge in [0.2, 0.25) is 5.91 Å². The van der Waals surface area contributed by atoms with E-state index in [0.717, 1.165) is 29.5 Å². The number of carbonyl (C=O) groups is 2. The molecule has 0 bridgehead atoms. The van der Waals surface area contributed by atoms with Crippen molar-refractivity contribution in [2.75, 3.05) is 6.54 Å². The monoisotopic (exact) mass is 337 g/mol. The van der Waals surface area contributed by atoms with E-state index >= 15 is 0 Å². The maximum Gasteiger partial charge on any atom is 0.308 e. The van der Waals surface area contributed by atoms with Gasteiger partial charge in [0, 0.05) is 6.54 Å². The number of amides is 1. The lowest BCUT2D eigenvalue weighted by atomic mass is 9.97. The molecule has 25 heavy (non-hydrogen) atoms. The molecule has 0 fully saturated rings. The minimum Gasteiger partial charge on any atom is -0.481 e. The zero-order chi connectivity index (χ0) is 17.8. The molecule has 1 aliphatic carbocycles. The molecule has 0 saturated carbocycles. The molecule has 2 N–H and O–H groups in total. The van der Waals surface area contributed by atoms with Crippen LogP contribution >= 0.6 is 0 Å². The van der Waals surface area contributed by atoms with Crippen molar-refractivity contribution >= 4 is 11.9 Å². The lowest BCUT2D eigenvalue weighted by molar-refractivity contribution is -0.141. The predicted molar refractivity (Wildman–Crippen MR) is 96.5 cm³/mol. The zero-order valence-corrected chi connectivity index (χ0v) is 14.4. The van der Waals surface area contributed by atoms with Gasteiger partial charge in [0.25, 0.3) is 0 Å². The van der Waals surface area contributed by atoms with Crippen molar-refractivity contribution in [1.29, 1.82) is 0 Å². The highest BCUT2D eigenvalue weighted by atomic mass is 16.4. The van der Waals surface area contributed by atoms with Gasteiger partial charge in [0.05, 0.1) is 11.8 Å². The second-order valence-electron chi connectivity index (χ2n) is 6.76. The average molecular weight is 337 g/mol. The van der Waals surface area contributed by atoms with Crippen LogP contribution in [0.5, 0.6) is 0 Å². The van der Waals surface area contributed by atoms with E-state index in [4.69, 9.17) is 0 Å². The van der Waals surface area contributed by atoms with Gasteiger partial charge in [0.15, 0.2) is 0 Å². The standard InChI is InChI=1S/C21H23NO3/c1-14-5-4-6-15(11-14)12-17(21(24)25)13-22-20(23)19-10-9-16-7-2-3-8-18(16)19/h2-8,11,17,19H,9-10,12-13H2,1H3,(H,22,23)(H,24,25). The van der Waals surface area contributed by atoms with Gasteiger partial charge in [-0.05, 0) is 42.9 Å². The van der Waals surface area contributed by atoms with Crippen molar-refractivity contribution in [3.05, 3.63) is 70.8 Å². The molecule has 130 valence electrons. The quantitative estimate of drug-likeness (QED) is 0.851. The molecule has 2 aromatic carbocycles. The molecule has 4 heteroatoms. The first-order chi connectivity index (χ1) is 12.0. The Kier molecular flexibility index (Phi) is 5.17. The Balaban J connectivity index is 1.62. The van der Waals surface area contributed by atoms with Gasteiger partial charge in [-0.25, -0.2) is 0 Å². The number of rotatable bonds is 6. The molecular formula is C21H23NO3. The van der Waals surface area contributed by atoms with E-state index < -0.39 is 11.9 Å². The Bertz CT molecular complexity index is 784. The fourth-order valence-electron chi connectivity index (χ4n) is 3.55. The Hall–Kier alpha value is -2.62. The molecular weight excluding hydrogens is 314 g/mol. The van der Waals surface area contributed by atoms with Crippen molar-refractivity contribution in [2.45, 2.75) is 32.1 Å². The van der Waals surface area contributed by atoms with Crippen LogP contribution in [-0.2, 0) is 22.4 Å². The Morgan fingerprint density at radius 2 is 2.00 bits per heavy atom. The summed E-state index contributed by atoms with van der Waals surface area (Å²) in [6.07, 6.45) is 2.11. The number of carboxylic acid groups (broad SMARTS) is 1. The number of hydrogen-bond acceptors (Lipinski definition) is 2. The van der Waals surface area contributed by atoms with Crippen LogP contribution in [-0.4, -0.2) is 23.5 Å². The molecule has 0 heterocycles. The van der Waals surface area contributed by atoms with Crippen LogP contribution in [0.3, 0.4) is 0 Å². The number of aryl methyl sites for hydroxylation is 2. The number of fused-ring (bicyclic) bond motifs is 1. The zero-order valence-electron chi connectivity index (χ0n) is 14.4. The molecule has 1 aliphatic rings. The highest BCUT2D eigenvalue weighted by Gasteiger charge is 2.29. The van der Waals surface area contributed by atoms with E-state index in [0.29, 0.717) is 6.42 Å². The summed E-state index contributed by atoms with van der Waals surface area (Å²) in [5.74, 6) is -1.74. The van der Waals surface area contributed by atoms with Crippen LogP contribution in [0, 0.1) is 12.8 Å². The molecule has 0 radical (unpaired) electrons. The number of nitrogens with one attached hydrogen (secondary N) is 1. The fourth-order valence-corrected chi connectivity index (χ4v) is 3.55. The second-order valence-corrected chi connectivity index (χ2v) is 6.76. The summed E-state index contributed by atoms with van der Waals surface area (Å²) < 4.78 is 0. The van der Waals surface area contributed by atoms with Crippen LogP contribution in [0.1, 0.15) is 34.6 Å². The topological polar surface area (TPSA) is 66.4 Å². The highest BCUT2D eigenvalue weighted by molar-refractivity contribution is 5.85. The fraction of sp³-hybridized carbons (Fsp3) is 0.333. The number of carbonyl (C=O) groups excluding carboxylic acids is 1. The summed E-state index contributed by atoms with van der Waals surface area (Å²) in [5.41, 5.74) is 4.38. The Labute approximate surface area is 147 Å². The largest absolute Gasteiger partial charge is 0.481 e. The summed E-state index contributed by atoms with van der Waals surface area (Å²) >= 11 is 0. The van der Waals surface area contributed by atoms with Crippen molar-refractivity contribution in [2.24, 2.45) is 5.92 Å². The minimum absolute atomic E-state index is 0.0690. The summed E-state index contributed by atoms with van der Waals surface area (Å²) in [6.45, 7) is 2.14. The highest BCUT2D eigenvalue weighted by Crippen LogP contribution is 2.32. The minimum atomic E-state index is -0.881. The lowest BCUT2D eigenvalue weighted by Crippen LogP contribution is -2.36. The lowest BCUT2D eigenvalue weighted by Gasteiger charge is -2.17. The third-order valence-electron chi connectivity index (χ3n) is 4.89. The van der Waals surface area contributed by atoms with E-state index in [1.165, 1.54) is 5.56 Å². The van der Waals surface area contributed by atoms with Crippen LogP contribution in [0.4, 0.5) is 0 Å². The molecule has 4 nitrogen and oxygen atoms in total. The molecule has 0 spiro atoms. The molecule has 2 unspecified atom stereocenters. The number of hydrogen-bond donors (Lipinski definition) is 2. The van der Waals surface area contributed by atoms with Crippen LogP contribution in [0.15, 0.2) is 48.5 Å². The maximum atomic E-state index is 12.5. The van der Waals surface area contributed by atoms with Gasteiger partial charge >= 0.3 is 5.97 Å². The summed E-state index contributed by atoms with van der Waals surface area (Å²) in [7, 11) is 0. The maximum absolute atomic E-state index is 12.5. The molecule has 3 rings (SSSR count). The van der Waals surface area contributed by atoms with Gasteiger partial charge in [-0.3, -0.25) is 9.59 Å². The smallest absolute Gasteiger partial charge is 0.308 e. The molecule has 0 aromatic heterocycles. The van der Waals surface area contributed by atoms with E-state index in [-0.39, 0.29) is 18.4 Å². The van der Waals surface area contributed by atoms with Crippen LogP contribution in [0.2, 0.25) is 0 Å². The molecule has 2 atom stereocenters. The first-order valence-electron chi connectivity index (χ1n) is 8.68.